The number of nitrogens with zero attached hydrogens (tertiary/aromatic N) is 2. The molecule has 0 radical (unpaired) electrons. The summed E-state index contributed by atoms with van der Waals surface area (Å²) < 4.78 is 0. The van der Waals surface area contributed by atoms with Gasteiger partial charge in [0.05, 0.1) is 0 Å². The average Bonchev–Trinajstić information content (AvgIpc) is 2.33. The molecule has 1 N–H and O–H groups in total. The number of nitrogens with one attached hydrogen (secondary N) is 1. The van der Waals surface area contributed by atoms with Gasteiger partial charge in [-0.25, -0.2) is 4.98 Å². The maximum Gasteiger partial charge on any atom is 0.128 e. The number of rotatable bonds is 4. The molecule has 0 spiro atoms. The molecule has 0 aliphatic carbocycles. The van der Waals surface area contributed by atoms with E-state index >= 15 is 0 Å². The Hall–Kier alpha value is -1.09. The summed E-state index contributed by atoms with van der Waals surface area (Å²) in [5, 5.41) is 3.41. The normalized spacial score (nSPS) is 17.3. The van der Waals surface area contributed by atoms with Crippen molar-refractivity contribution in [1.29, 1.82) is 0 Å². The van der Waals surface area contributed by atoms with E-state index in [1.165, 1.54) is 37.9 Å². The van der Waals surface area contributed by atoms with Crippen molar-refractivity contribution in [3.8, 4) is 0 Å². The predicted molar refractivity (Wildman–Crippen MR) is 67.8 cm³/mol. The Labute approximate surface area is 97.9 Å². The van der Waals surface area contributed by atoms with E-state index in [-0.39, 0.29) is 0 Å². The Bertz CT molecular complexity index is 319. The fourth-order valence-corrected chi connectivity index (χ4v) is 2.19. The maximum absolute atomic E-state index is 4.33. The van der Waals surface area contributed by atoms with E-state index < -0.39 is 0 Å². The predicted octanol–water partition coefficient (Wildman–Crippen LogP) is 2.29. The Balaban J connectivity index is 1.73. The third-order valence-electron chi connectivity index (χ3n) is 3.18. The van der Waals surface area contributed by atoms with Gasteiger partial charge in [0, 0.05) is 19.3 Å². The smallest absolute Gasteiger partial charge is 0.128 e. The largest absolute Gasteiger partial charge is 0.369 e. The Morgan fingerprint density at radius 2 is 2.12 bits per heavy atom. The minimum absolute atomic E-state index is 0.998. The van der Waals surface area contributed by atoms with Crippen LogP contribution in [0.2, 0.25) is 0 Å². The van der Waals surface area contributed by atoms with Crippen LogP contribution in [0.3, 0.4) is 0 Å². The van der Waals surface area contributed by atoms with Crippen LogP contribution in [0.1, 0.15) is 24.8 Å². The van der Waals surface area contributed by atoms with Gasteiger partial charge in [0.25, 0.3) is 0 Å². The highest BCUT2D eigenvalue weighted by molar-refractivity contribution is 5.42. The summed E-state index contributed by atoms with van der Waals surface area (Å²) in [4.78, 5) is 6.87. The van der Waals surface area contributed by atoms with Crippen LogP contribution in [-0.2, 0) is 0 Å². The van der Waals surface area contributed by atoms with E-state index in [4.69, 9.17) is 0 Å². The molecule has 3 heteroatoms. The summed E-state index contributed by atoms with van der Waals surface area (Å²) in [6.07, 6.45) is 5.98. The van der Waals surface area contributed by atoms with E-state index in [9.17, 15) is 0 Å². The van der Waals surface area contributed by atoms with E-state index in [0.717, 1.165) is 18.9 Å². The number of anilines is 1. The molecule has 0 aromatic carbocycles. The van der Waals surface area contributed by atoms with Crippen LogP contribution in [0.4, 0.5) is 5.82 Å². The second kappa shape index (κ2) is 5.85. The molecule has 0 atom stereocenters. The molecule has 1 aliphatic rings. The molecule has 1 aliphatic heterocycles. The molecule has 16 heavy (non-hydrogen) atoms. The van der Waals surface area contributed by atoms with Gasteiger partial charge in [0.15, 0.2) is 0 Å². The second-order valence-electron chi connectivity index (χ2n) is 4.50. The zero-order chi connectivity index (χ0) is 11.2. The van der Waals surface area contributed by atoms with Crippen molar-refractivity contribution in [2.24, 2.45) is 0 Å². The average molecular weight is 219 g/mol. The molecule has 2 heterocycles. The SMILES string of the molecule is Cc1cccnc1NCCN1CCCCC1. The van der Waals surface area contributed by atoms with Crippen molar-refractivity contribution in [2.75, 3.05) is 31.5 Å². The maximum atomic E-state index is 4.33. The molecule has 1 saturated heterocycles. The van der Waals surface area contributed by atoms with Gasteiger partial charge in [-0.05, 0) is 44.5 Å². The zero-order valence-corrected chi connectivity index (χ0v) is 10.1. The first-order valence-electron chi connectivity index (χ1n) is 6.24. The van der Waals surface area contributed by atoms with Gasteiger partial charge < -0.3 is 10.2 Å². The zero-order valence-electron chi connectivity index (χ0n) is 10.1. The van der Waals surface area contributed by atoms with Gasteiger partial charge in [-0.2, -0.15) is 0 Å². The van der Waals surface area contributed by atoms with Crippen LogP contribution in [-0.4, -0.2) is 36.1 Å². The number of aromatic nitrogens is 1. The van der Waals surface area contributed by atoms with E-state index in [2.05, 4.69) is 28.2 Å². The monoisotopic (exact) mass is 219 g/mol. The molecule has 0 saturated carbocycles. The van der Waals surface area contributed by atoms with Crippen LogP contribution in [0.5, 0.6) is 0 Å². The van der Waals surface area contributed by atoms with E-state index in [0.29, 0.717) is 0 Å². The van der Waals surface area contributed by atoms with Gasteiger partial charge in [0.1, 0.15) is 5.82 Å². The minimum Gasteiger partial charge on any atom is -0.369 e. The molecule has 2 rings (SSSR count). The number of aryl methyl sites for hydroxylation is 1. The molecule has 0 amide bonds. The lowest BCUT2D eigenvalue weighted by Gasteiger charge is -2.26. The van der Waals surface area contributed by atoms with Gasteiger partial charge in [-0.3, -0.25) is 0 Å². The third-order valence-corrected chi connectivity index (χ3v) is 3.18. The number of piperidine rings is 1. The highest BCUT2D eigenvalue weighted by Gasteiger charge is 2.09. The first-order valence-corrected chi connectivity index (χ1v) is 6.24. The molecule has 0 bridgehead atoms. The Morgan fingerprint density at radius 3 is 2.88 bits per heavy atom. The van der Waals surface area contributed by atoms with Crippen molar-refractivity contribution in [3.63, 3.8) is 0 Å². The van der Waals surface area contributed by atoms with Crippen molar-refractivity contribution in [2.45, 2.75) is 26.2 Å². The standard InChI is InChI=1S/C13H21N3/c1-12-6-5-7-14-13(12)15-8-11-16-9-3-2-4-10-16/h5-7H,2-4,8-11H2,1H3,(H,14,15). The topological polar surface area (TPSA) is 28.2 Å². The summed E-state index contributed by atoms with van der Waals surface area (Å²) in [7, 11) is 0. The minimum atomic E-state index is 0.998. The van der Waals surface area contributed by atoms with Crippen LogP contribution < -0.4 is 5.32 Å². The quantitative estimate of drug-likeness (QED) is 0.842. The van der Waals surface area contributed by atoms with Crippen molar-refractivity contribution in [3.05, 3.63) is 23.9 Å². The lowest BCUT2D eigenvalue weighted by atomic mass is 10.1. The van der Waals surface area contributed by atoms with Crippen LogP contribution in [0, 0.1) is 6.92 Å². The van der Waals surface area contributed by atoms with Crippen LogP contribution >= 0.6 is 0 Å². The lowest BCUT2D eigenvalue weighted by Crippen LogP contribution is -2.33. The molecule has 1 aromatic rings. The van der Waals surface area contributed by atoms with Crippen LogP contribution in [0.25, 0.3) is 0 Å². The molecule has 1 aromatic heterocycles. The van der Waals surface area contributed by atoms with Crippen molar-refractivity contribution < 1.29 is 0 Å². The van der Waals surface area contributed by atoms with E-state index in [1.807, 2.05) is 12.3 Å². The third kappa shape index (κ3) is 3.20. The first-order chi connectivity index (χ1) is 7.86. The molecular weight excluding hydrogens is 198 g/mol. The number of likely N-dealkylation sites (tertiary alicyclic amines) is 1. The van der Waals surface area contributed by atoms with E-state index in [1.54, 1.807) is 0 Å². The molecule has 0 unspecified atom stereocenters. The Kier molecular flexibility index (Phi) is 4.17. The second-order valence-corrected chi connectivity index (χ2v) is 4.50. The molecule has 3 nitrogen and oxygen atoms in total. The van der Waals surface area contributed by atoms with Crippen LogP contribution in [0.15, 0.2) is 18.3 Å². The van der Waals surface area contributed by atoms with Crippen molar-refractivity contribution >= 4 is 5.82 Å². The molecule has 1 fully saturated rings. The summed E-state index contributed by atoms with van der Waals surface area (Å²) in [5.74, 6) is 1.03. The summed E-state index contributed by atoms with van der Waals surface area (Å²) >= 11 is 0. The Morgan fingerprint density at radius 1 is 1.31 bits per heavy atom. The lowest BCUT2D eigenvalue weighted by molar-refractivity contribution is 0.237. The van der Waals surface area contributed by atoms with Gasteiger partial charge in [-0.1, -0.05) is 12.5 Å². The van der Waals surface area contributed by atoms with Gasteiger partial charge in [-0.15, -0.1) is 0 Å². The summed E-state index contributed by atoms with van der Waals surface area (Å²) in [6, 6.07) is 4.07. The number of pyridine rings is 1. The van der Waals surface area contributed by atoms with Crippen molar-refractivity contribution in [1.82, 2.24) is 9.88 Å². The summed E-state index contributed by atoms with van der Waals surface area (Å²) in [6.45, 7) is 6.76. The highest BCUT2D eigenvalue weighted by Crippen LogP contribution is 2.10. The van der Waals surface area contributed by atoms with Gasteiger partial charge in [0.2, 0.25) is 0 Å². The highest BCUT2D eigenvalue weighted by atomic mass is 15.1. The van der Waals surface area contributed by atoms with Gasteiger partial charge >= 0.3 is 0 Å². The number of hydrogen-bond acceptors (Lipinski definition) is 3. The fraction of sp³-hybridized carbons (Fsp3) is 0.615. The first kappa shape index (κ1) is 11.4. The fourth-order valence-electron chi connectivity index (χ4n) is 2.19. The summed E-state index contributed by atoms with van der Waals surface area (Å²) in [5.41, 5.74) is 1.22. The molecule has 88 valence electrons. The number of hydrogen-bond donors (Lipinski definition) is 1. The molecular formula is C13H21N3.